The fourth-order valence-electron chi connectivity index (χ4n) is 3.10. The van der Waals surface area contributed by atoms with Crippen molar-refractivity contribution in [1.29, 1.82) is 0 Å². The van der Waals surface area contributed by atoms with Crippen LogP contribution in [0.15, 0.2) is 24.3 Å². The van der Waals surface area contributed by atoms with Crippen molar-refractivity contribution in [3.05, 3.63) is 29.8 Å². The summed E-state index contributed by atoms with van der Waals surface area (Å²) in [6.45, 7) is 1.75. The molecular weight excluding hydrogens is 302 g/mol. The Morgan fingerprint density at radius 1 is 1.23 bits per heavy atom. The molecule has 0 saturated carbocycles. The van der Waals surface area contributed by atoms with Gasteiger partial charge in [-0.25, -0.2) is 8.42 Å². The highest BCUT2D eigenvalue weighted by atomic mass is 32.2. The molecule has 1 aromatic carbocycles. The molecule has 7 heteroatoms. The minimum Gasteiger partial charge on any atom is -0.337 e. The van der Waals surface area contributed by atoms with Crippen LogP contribution in [0, 0.1) is 0 Å². The van der Waals surface area contributed by atoms with E-state index in [-0.39, 0.29) is 17.7 Å². The predicted molar refractivity (Wildman–Crippen MR) is 85.3 cm³/mol. The molecule has 2 saturated heterocycles. The summed E-state index contributed by atoms with van der Waals surface area (Å²) < 4.78 is 25.4. The summed E-state index contributed by atoms with van der Waals surface area (Å²) in [6.07, 6.45) is 2.48. The van der Waals surface area contributed by atoms with Gasteiger partial charge in [-0.3, -0.25) is 9.10 Å². The molecule has 0 aliphatic carbocycles. The zero-order valence-electron chi connectivity index (χ0n) is 12.4. The van der Waals surface area contributed by atoms with E-state index < -0.39 is 10.0 Å². The lowest BCUT2D eigenvalue weighted by Gasteiger charge is -2.31. The number of hydrogen-bond donors (Lipinski definition) is 1. The summed E-state index contributed by atoms with van der Waals surface area (Å²) >= 11 is 0. The summed E-state index contributed by atoms with van der Waals surface area (Å²) in [5, 5.41) is 0. The topological polar surface area (TPSA) is 83.7 Å². The van der Waals surface area contributed by atoms with Gasteiger partial charge in [0.15, 0.2) is 0 Å². The van der Waals surface area contributed by atoms with E-state index >= 15 is 0 Å². The highest BCUT2D eigenvalue weighted by molar-refractivity contribution is 7.93. The number of carbonyl (C=O) groups is 1. The van der Waals surface area contributed by atoms with Gasteiger partial charge in [0.25, 0.3) is 5.91 Å². The van der Waals surface area contributed by atoms with Crippen molar-refractivity contribution in [3.8, 4) is 0 Å². The Bertz CT molecular complexity index is 674. The van der Waals surface area contributed by atoms with E-state index in [4.69, 9.17) is 5.73 Å². The second kappa shape index (κ2) is 5.89. The van der Waals surface area contributed by atoms with Gasteiger partial charge < -0.3 is 10.6 Å². The Kier molecular flexibility index (Phi) is 4.10. The molecule has 1 unspecified atom stereocenters. The Morgan fingerprint density at radius 3 is 2.73 bits per heavy atom. The third kappa shape index (κ3) is 2.96. The lowest BCUT2D eigenvalue weighted by molar-refractivity contribution is 0.0709. The summed E-state index contributed by atoms with van der Waals surface area (Å²) in [5.74, 6) is 0.0974. The van der Waals surface area contributed by atoms with Crippen LogP contribution in [0.25, 0.3) is 0 Å². The lowest BCUT2D eigenvalue weighted by atomic mass is 10.1. The Balaban J connectivity index is 1.83. The molecule has 2 fully saturated rings. The molecule has 2 aliphatic rings. The third-order valence-corrected chi connectivity index (χ3v) is 6.09. The summed E-state index contributed by atoms with van der Waals surface area (Å²) in [6, 6.07) is 6.90. The monoisotopic (exact) mass is 323 g/mol. The summed E-state index contributed by atoms with van der Waals surface area (Å²) in [4.78, 5) is 14.3. The molecule has 6 nitrogen and oxygen atoms in total. The van der Waals surface area contributed by atoms with Crippen LogP contribution in [0.3, 0.4) is 0 Å². The van der Waals surface area contributed by atoms with Gasteiger partial charge in [0, 0.05) is 31.2 Å². The average molecular weight is 323 g/mol. The molecule has 1 atom stereocenters. The number of carbonyl (C=O) groups excluding carboxylic acids is 1. The number of nitrogens with two attached hydrogens (primary N) is 1. The quantitative estimate of drug-likeness (QED) is 0.872. The molecule has 2 heterocycles. The van der Waals surface area contributed by atoms with E-state index in [2.05, 4.69) is 0 Å². The van der Waals surface area contributed by atoms with Crippen molar-refractivity contribution in [2.75, 3.05) is 29.7 Å². The van der Waals surface area contributed by atoms with Gasteiger partial charge in [0.05, 0.1) is 11.4 Å². The molecule has 2 N–H and O–H groups in total. The molecule has 3 rings (SSSR count). The number of nitrogens with zero attached hydrogens (tertiary/aromatic N) is 2. The first-order valence-electron chi connectivity index (χ1n) is 7.63. The first-order chi connectivity index (χ1) is 10.5. The van der Waals surface area contributed by atoms with Crippen LogP contribution >= 0.6 is 0 Å². The fraction of sp³-hybridized carbons (Fsp3) is 0.533. The largest absolute Gasteiger partial charge is 0.337 e. The van der Waals surface area contributed by atoms with Crippen molar-refractivity contribution in [2.24, 2.45) is 5.73 Å². The molecule has 0 radical (unpaired) electrons. The van der Waals surface area contributed by atoms with Gasteiger partial charge in [0.1, 0.15) is 0 Å². The second-order valence-corrected chi connectivity index (χ2v) is 7.96. The van der Waals surface area contributed by atoms with Gasteiger partial charge in [-0.05, 0) is 37.5 Å². The number of amides is 1. The van der Waals surface area contributed by atoms with Crippen LogP contribution in [0.2, 0.25) is 0 Å². The zero-order chi connectivity index (χ0) is 15.7. The first-order valence-corrected chi connectivity index (χ1v) is 9.23. The molecule has 120 valence electrons. The molecule has 22 heavy (non-hydrogen) atoms. The number of likely N-dealkylation sites (tertiary alicyclic amines) is 1. The molecule has 0 spiro atoms. The Labute approximate surface area is 130 Å². The van der Waals surface area contributed by atoms with E-state index in [0.29, 0.717) is 37.3 Å². The number of benzene rings is 1. The lowest BCUT2D eigenvalue weighted by Crippen LogP contribution is -2.45. The minimum absolute atomic E-state index is 0.0276. The highest BCUT2D eigenvalue weighted by Crippen LogP contribution is 2.25. The van der Waals surface area contributed by atoms with Gasteiger partial charge in [-0.2, -0.15) is 0 Å². The van der Waals surface area contributed by atoms with Gasteiger partial charge in [0.2, 0.25) is 10.0 Å². The Morgan fingerprint density at radius 2 is 2.05 bits per heavy atom. The molecule has 0 aromatic heterocycles. The van der Waals surface area contributed by atoms with Crippen LogP contribution in [-0.4, -0.2) is 50.7 Å². The normalized spacial score (nSPS) is 24.5. The zero-order valence-corrected chi connectivity index (χ0v) is 13.3. The number of hydrogen-bond acceptors (Lipinski definition) is 4. The van der Waals surface area contributed by atoms with E-state index in [1.165, 1.54) is 4.31 Å². The van der Waals surface area contributed by atoms with Crippen LogP contribution in [0.1, 0.15) is 29.6 Å². The fourth-order valence-corrected chi connectivity index (χ4v) is 4.66. The third-order valence-electron chi connectivity index (χ3n) is 4.23. The molecule has 1 aromatic rings. The van der Waals surface area contributed by atoms with Crippen molar-refractivity contribution >= 4 is 21.6 Å². The molecule has 1 amide bonds. The standard InChI is InChI=1S/C15H21N3O3S/c16-13-5-2-7-17(11-13)15(19)12-4-1-6-14(10-12)18-8-3-9-22(18,20)21/h1,4,6,10,13H,2-3,5,7-9,11,16H2. The number of piperidine rings is 1. The maximum Gasteiger partial charge on any atom is 0.253 e. The molecule has 0 bridgehead atoms. The average Bonchev–Trinajstić information content (AvgIpc) is 2.86. The van der Waals surface area contributed by atoms with Gasteiger partial charge in [-0.15, -0.1) is 0 Å². The van der Waals surface area contributed by atoms with Crippen molar-refractivity contribution < 1.29 is 13.2 Å². The predicted octanol–water partition coefficient (Wildman–Crippen LogP) is 0.790. The van der Waals surface area contributed by atoms with Crippen molar-refractivity contribution in [1.82, 2.24) is 4.90 Å². The Hall–Kier alpha value is -1.60. The van der Waals surface area contributed by atoms with E-state index in [0.717, 1.165) is 12.8 Å². The van der Waals surface area contributed by atoms with Crippen molar-refractivity contribution in [3.63, 3.8) is 0 Å². The van der Waals surface area contributed by atoms with E-state index in [9.17, 15) is 13.2 Å². The molecule has 2 aliphatic heterocycles. The summed E-state index contributed by atoms with van der Waals surface area (Å²) in [7, 11) is -3.23. The maximum absolute atomic E-state index is 12.6. The first kappa shape index (κ1) is 15.3. The van der Waals surface area contributed by atoms with Gasteiger partial charge >= 0.3 is 0 Å². The smallest absolute Gasteiger partial charge is 0.253 e. The maximum atomic E-state index is 12.6. The van der Waals surface area contributed by atoms with Crippen molar-refractivity contribution in [2.45, 2.75) is 25.3 Å². The van der Waals surface area contributed by atoms with Crippen LogP contribution in [0.5, 0.6) is 0 Å². The molecular formula is C15H21N3O3S. The van der Waals surface area contributed by atoms with Gasteiger partial charge in [-0.1, -0.05) is 6.07 Å². The SMILES string of the molecule is NC1CCCN(C(=O)c2cccc(N3CCCS3(=O)=O)c2)C1. The summed E-state index contributed by atoms with van der Waals surface area (Å²) in [5.41, 5.74) is 7.02. The highest BCUT2D eigenvalue weighted by Gasteiger charge is 2.29. The van der Waals surface area contributed by atoms with E-state index in [1.807, 2.05) is 0 Å². The van der Waals surface area contributed by atoms with Crippen LogP contribution in [-0.2, 0) is 10.0 Å². The number of anilines is 1. The van der Waals surface area contributed by atoms with Crippen LogP contribution in [0.4, 0.5) is 5.69 Å². The minimum atomic E-state index is -3.23. The van der Waals surface area contributed by atoms with Crippen LogP contribution < -0.4 is 10.0 Å². The number of sulfonamides is 1. The second-order valence-electron chi connectivity index (χ2n) is 5.95. The number of rotatable bonds is 2. The van der Waals surface area contributed by atoms with E-state index in [1.54, 1.807) is 29.2 Å².